The van der Waals surface area contributed by atoms with E-state index in [9.17, 15) is 13.2 Å². The van der Waals surface area contributed by atoms with Gasteiger partial charge < -0.3 is 15.1 Å². The Morgan fingerprint density at radius 3 is 2.03 bits per heavy atom. The maximum Gasteiger partial charge on any atom is 0.321 e. The van der Waals surface area contributed by atoms with Crippen LogP contribution in [-0.2, 0) is 10.0 Å². The maximum absolute atomic E-state index is 13.0. The Kier molecular flexibility index (Phi) is 6.24. The highest BCUT2D eigenvalue weighted by Crippen LogP contribution is 2.22. The molecule has 2 fully saturated rings. The van der Waals surface area contributed by atoms with Gasteiger partial charge in [0, 0.05) is 50.6 Å². The van der Waals surface area contributed by atoms with Crippen LogP contribution < -0.4 is 10.2 Å². The SMILES string of the molecule is O=C(Nc1ccc(S(=O)(=O)N2CCN(c3ccccc3)CC2)cc1)N1CCCCC1. The largest absolute Gasteiger partial charge is 0.369 e. The number of sulfonamides is 1. The number of piperidine rings is 1. The molecule has 4 rings (SSSR count). The number of nitrogens with one attached hydrogen (secondary N) is 1. The third kappa shape index (κ3) is 4.60. The smallest absolute Gasteiger partial charge is 0.321 e. The molecule has 0 aliphatic carbocycles. The van der Waals surface area contributed by atoms with Crippen molar-refractivity contribution in [2.75, 3.05) is 49.5 Å². The number of amides is 2. The highest BCUT2D eigenvalue weighted by atomic mass is 32.2. The van der Waals surface area contributed by atoms with Gasteiger partial charge in [-0.1, -0.05) is 18.2 Å². The number of likely N-dealkylation sites (tertiary alicyclic amines) is 1. The average Bonchev–Trinajstić information content (AvgIpc) is 2.81. The van der Waals surface area contributed by atoms with Crippen molar-refractivity contribution < 1.29 is 13.2 Å². The summed E-state index contributed by atoms with van der Waals surface area (Å²) in [5, 5.41) is 2.87. The van der Waals surface area contributed by atoms with Crippen LogP contribution in [0.5, 0.6) is 0 Å². The number of anilines is 2. The minimum absolute atomic E-state index is 0.123. The zero-order chi connectivity index (χ0) is 21.0. The van der Waals surface area contributed by atoms with Crippen LogP contribution in [-0.4, -0.2) is 62.9 Å². The molecule has 0 saturated carbocycles. The number of urea groups is 1. The minimum atomic E-state index is -3.55. The maximum atomic E-state index is 13.0. The van der Waals surface area contributed by atoms with Crippen LogP contribution in [0.4, 0.5) is 16.2 Å². The van der Waals surface area contributed by atoms with Crippen LogP contribution in [0.2, 0.25) is 0 Å². The van der Waals surface area contributed by atoms with Crippen LogP contribution in [0, 0.1) is 0 Å². The van der Waals surface area contributed by atoms with Gasteiger partial charge in [-0.15, -0.1) is 0 Å². The Hall–Kier alpha value is -2.58. The van der Waals surface area contributed by atoms with E-state index in [1.165, 1.54) is 4.31 Å². The van der Waals surface area contributed by atoms with Gasteiger partial charge in [0.15, 0.2) is 0 Å². The summed E-state index contributed by atoms with van der Waals surface area (Å²) in [5.74, 6) is 0. The summed E-state index contributed by atoms with van der Waals surface area (Å²) in [7, 11) is -3.55. The molecule has 2 amide bonds. The molecule has 2 aliphatic rings. The molecule has 2 heterocycles. The second kappa shape index (κ2) is 9.06. The Morgan fingerprint density at radius 2 is 1.40 bits per heavy atom. The fourth-order valence-electron chi connectivity index (χ4n) is 3.98. The number of piperazine rings is 1. The number of hydrogen-bond acceptors (Lipinski definition) is 4. The second-order valence-electron chi connectivity index (χ2n) is 7.73. The molecule has 0 spiro atoms. The Balaban J connectivity index is 1.37. The number of carbonyl (C=O) groups excluding carboxylic acids is 1. The molecule has 2 aliphatic heterocycles. The highest BCUT2D eigenvalue weighted by molar-refractivity contribution is 7.89. The zero-order valence-corrected chi connectivity index (χ0v) is 17.9. The van der Waals surface area contributed by atoms with E-state index in [1.54, 1.807) is 29.2 Å². The van der Waals surface area contributed by atoms with Gasteiger partial charge in [-0.05, 0) is 55.7 Å². The van der Waals surface area contributed by atoms with Gasteiger partial charge in [0.25, 0.3) is 0 Å². The van der Waals surface area contributed by atoms with Crippen LogP contribution in [0.15, 0.2) is 59.5 Å². The molecule has 8 heteroatoms. The van der Waals surface area contributed by atoms with Crippen molar-refractivity contribution in [2.24, 2.45) is 0 Å². The molecule has 2 aromatic carbocycles. The zero-order valence-electron chi connectivity index (χ0n) is 17.0. The summed E-state index contributed by atoms with van der Waals surface area (Å²) < 4.78 is 27.6. The summed E-state index contributed by atoms with van der Waals surface area (Å²) >= 11 is 0. The van der Waals surface area contributed by atoms with E-state index in [4.69, 9.17) is 0 Å². The van der Waals surface area contributed by atoms with Gasteiger partial charge in [0.2, 0.25) is 10.0 Å². The fraction of sp³-hybridized carbons (Fsp3) is 0.409. The van der Waals surface area contributed by atoms with Gasteiger partial charge in [0.1, 0.15) is 0 Å². The first-order chi connectivity index (χ1) is 14.5. The summed E-state index contributed by atoms with van der Waals surface area (Å²) in [6.45, 7) is 3.76. The van der Waals surface area contributed by atoms with Gasteiger partial charge in [0.05, 0.1) is 4.90 Å². The molecule has 0 atom stereocenters. The predicted octanol–water partition coefficient (Wildman–Crippen LogP) is 3.22. The lowest BCUT2D eigenvalue weighted by Crippen LogP contribution is -2.48. The van der Waals surface area contributed by atoms with Crippen LogP contribution in [0.1, 0.15) is 19.3 Å². The van der Waals surface area contributed by atoms with Crippen LogP contribution in [0.25, 0.3) is 0 Å². The molecule has 160 valence electrons. The summed E-state index contributed by atoms with van der Waals surface area (Å²) in [5.41, 5.74) is 1.72. The minimum Gasteiger partial charge on any atom is -0.369 e. The second-order valence-corrected chi connectivity index (χ2v) is 9.67. The lowest BCUT2D eigenvalue weighted by atomic mass is 10.1. The molecule has 0 unspecified atom stereocenters. The van der Waals surface area contributed by atoms with E-state index in [0.29, 0.717) is 31.9 Å². The van der Waals surface area contributed by atoms with Crippen LogP contribution in [0.3, 0.4) is 0 Å². The standard InChI is InChI=1S/C22H28N4O3S/c27-22(25-13-5-2-6-14-25)23-19-9-11-21(12-10-19)30(28,29)26-17-15-24(16-18-26)20-7-3-1-4-8-20/h1,3-4,7-12H,2,5-6,13-18H2,(H,23,27). The van der Waals surface area contributed by atoms with E-state index in [2.05, 4.69) is 10.2 Å². The van der Waals surface area contributed by atoms with Crippen molar-refractivity contribution in [3.63, 3.8) is 0 Å². The number of carbonyl (C=O) groups is 1. The molecule has 0 radical (unpaired) electrons. The highest BCUT2D eigenvalue weighted by Gasteiger charge is 2.28. The van der Waals surface area contributed by atoms with E-state index in [-0.39, 0.29) is 10.9 Å². The number of rotatable bonds is 4. The molecule has 0 bridgehead atoms. The lowest BCUT2D eigenvalue weighted by molar-refractivity contribution is 0.200. The van der Waals surface area contributed by atoms with E-state index in [1.807, 2.05) is 30.3 Å². The third-order valence-corrected chi connectivity index (χ3v) is 7.66. The Labute approximate surface area is 178 Å². The number of hydrogen-bond donors (Lipinski definition) is 1. The summed E-state index contributed by atoms with van der Waals surface area (Å²) in [6.07, 6.45) is 3.22. The first-order valence-corrected chi connectivity index (χ1v) is 11.9. The van der Waals surface area contributed by atoms with Crippen molar-refractivity contribution >= 4 is 27.4 Å². The number of para-hydroxylation sites is 1. The van der Waals surface area contributed by atoms with Gasteiger partial charge in [-0.2, -0.15) is 4.31 Å². The topological polar surface area (TPSA) is 73.0 Å². The molecular weight excluding hydrogens is 400 g/mol. The van der Waals surface area contributed by atoms with Gasteiger partial charge in [-0.3, -0.25) is 0 Å². The number of nitrogens with zero attached hydrogens (tertiary/aromatic N) is 3. The first kappa shape index (κ1) is 20.7. The van der Waals surface area contributed by atoms with Gasteiger partial charge >= 0.3 is 6.03 Å². The fourth-order valence-corrected chi connectivity index (χ4v) is 5.41. The monoisotopic (exact) mass is 428 g/mol. The van der Waals surface area contributed by atoms with E-state index in [0.717, 1.165) is 38.0 Å². The van der Waals surface area contributed by atoms with Crippen molar-refractivity contribution in [1.29, 1.82) is 0 Å². The molecular formula is C22H28N4O3S. The average molecular weight is 429 g/mol. The summed E-state index contributed by atoms with van der Waals surface area (Å²) in [6, 6.07) is 16.4. The van der Waals surface area contributed by atoms with Crippen LogP contribution >= 0.6 is 0 Å². The van der Waals surface area contributed by atoms with Crippen molar-refractivity contribution in [1.82, 2.24) is 9.21 Å². The Bertz CT molecular complexity index is 950. The first-order valence-electron chi connectivity index (χ1n) is 10.5. The van der Waals surface area contributed by atoms with Crippen molar-refractivity contribution in [2.45, 2.75) is 24.2 Å². The van der Waals surface area contributed by atoms with Gasteiger partial charge in [-0.25, -0.2) is 13.2 Å². The number of benzene rings is 2. The molecule has 7 nitrogen and oxygen atoms in total. The van der Waals surface area contributed by atoms with E-state index >= 15 is 0 Å². The van der Waals surface area contributed by atoms with Crippen molar-refractivity contribution in [3.05, 3.63) is 54.6 Å². The molecule has 0 aromatic heterocycles. The third-order valence-electron chi connectivity index (χ3n) is 5.75. The van der Waals surface area contributed by atoms with E-state index < -0.39 is 10.0 Å². The molecule has 2 aromatic rings. The normalized spacial score (nSPS) is 18.3. The molecule has 2 saturated heterocycles. The summed E-state index contributed by atoms with van der Waals surface area (Å²) in [4.78, 5) is 16.6. The molecule has 30 heavy (non-hydrogen) atoms. The van der Waals surface area contributed by atoms with Crippen molar-refractivity contribution in [3.8, 4) is 0 Å². The Morgan fingerprint density at radius 1 is 0.767 bits per heavy atom. The lowest BCUT2D eigenvalue weighted by Gasteiger charge is -2.35. The quantitative estimate of drug-likeness (QED) is 0.812. The molecule has 1 N–H and O–H groups in total. The predicted molar refractivity (Wildman–Crippen MR) is 118 cm³/mol.